The number of hydrogen-bond donors (Lipinski definition) is 0. The minimum absolute atomic E-state index is 0.103. The fraction of sp³-hybridized carbons (Fsp3) is 0.579. The van der Waals surface area contributed by atoms with Gasteiger partial charge in [-0.1, -0.05) is 52.8 Å². The molecule has 0 spiro atoms. The molecule has 0 amide bonds. The molecule has 0 N–H and O–H groups in total. The summed E-state index contributed by atoms with van der Waals surface area (Å²) in [6, 6.07) is 6.71. The van der Waals surface area contributed by atoms with E-state index < -0.39 is 0 Å². The summed E-state index contributed by atoms with van der Waals surface area (Å²) >= 11 is 0. The highest BCUT2D eigenvalue weighted by Gasteiger charge is 2.21. The first kappa shape index (κ1) is 16.8. The van der Waals surface area contributed by atoms with Gasteiger partial charge in [0.05, 0.1) is 6.61 Å². The fourth-order valence-electron chi connectivity index (χ4n) is 2.47. The van der Waals surface area contributed by atoms with Crippen LogP contribution in [-0.2, 0) is 5.41 Å². The molecule has 0 fully saturated rings. The molecule has 0 radical (unpaired) electrons. The number of rotatable bonds is 7. The van der Waals surface area contributed by atoms with Crippen molar-refractivity contribution in [3.63, 3.8) is 0 Å². The van der Waals surface area contributed by atoms with E-state index in [1.165, 1.54) is 11.1 Å². The van der Waals surface area contributed by atoms with Crippen LogP contribution >= 0.6 is 0 Å². The van der Waals surface area contributed by atoms with Crippen LogP contribution in [0.25, 0.3) is 0 Å². The second-order valence-electron chi connectivity index (χ2n) is 6.48. The zero-order valence-corrected chi connectivity index (χ0v) is 13.8. The highest BCUT2D eigenvalue weighted by Crippen LogP contribution is 2.35. The van der Waals surface area contributed by atoms with Gasteiger partial charge in [0.1, 0.15) is 5.75 Å². The van der Waals surface area contributed by atoms with Crippen molar-refractivity contribution in [1.29, 1.82) is 0 Å². The van der Waals surface area contributed by atoms with E-state index in [1.807, 2.05) is 6.08 Å². The van der Waals surface area contributed by atoms with Crippen molar-refractivity contribution in [2.45, 2.75) is 65.2 Å². The summed E-state index contributed by atoms with van der Waals surface area (Å²) in [7, 11) is 0. The molecular formula is C19H30O. The zero-order valence-electron chi connectivity index (χ0n) is 13.8. The molecule has 0 saturated carbocycles. The molecule has 1 aromatic carbocycles. The van der Waals surface area contributed by atoms with E-state index in [4.69, 9.17) is 4.74 Å². The van der Waals surface area contributed by atoms with E-state index >= 15 is 0 Å². The Morgan fingerprint density at radius 3 is 2.45 bits per heavy atom. The van der Waals surface area contributed by atoms with Crippen molar-refractivity contribution in [2.75, 3.05) is 6.61 Å². The monoisotopic (exact) mass is 274 g/mol. The van der Waals surface area contributed by atoms with Crippen molar-refractivity contribution >= 4 is 0 Å². The summed E-state index contributed by atoms with van der Waals surface area (Å²) in [5.41, 5.74) is 2.82. The van der Waals surface area contributed by atoms with Gasteiger partial charge in [0.15, 0.2) is 0 Å². The molecule has 1 unspecified atom stereocenters. The summed E-state index contributed by atoms with van der Waals surface area (Å²) < 4.78 is 5.92. The Morgan fingerprint density at radius 1 is 1.25 bits per heavy atom. The van der Waals surface area contributed by atoms with Crippen LogP contribution in [0.2, 0.25) is 0 Å². The molecule has 0 aliphatic rings. The topological polar surface area (TPSA) is 9.23 Å². The third-order valence-electron chi connectivity index (χ3n) is 3.69. The van der Waals surface area contributed by atoms with Crippen molar-refractivity contribution in [1.82, 2.24) is 0 Å². The molecular weight excluding hydrogens is 244 g/mol. The highest BCUT2D eigenvalue weighted by molar-refractivity contribution is 5.42. The van der Waals surface area contributed by atoms with Crippen LogP contribution < -0.4 is 4.74 Å². The minimum Gasteiger partial charge on any atom is -0.493 e. The molecule has 1 aromatic rings. The average molecular weight is 274 g/mol. The molecule has 1 heteroatoms. The largest absolute Gasteiger partial charge is 0.493 e. The van der Waals surface area contributed by atoms with Gasteiger partial charge in [-0.05, 0) is 47.8 Å². The fourth-order valence-corrected chi connectivity index (χ4v) is 2.47. The van der Waals surface area contributed by atoms with Gasteiger partial charge in [-0.15, -0.1) is 6.58 Å². The lowest BCUT2D eigenvalue weighted by Crippen LogP contribution is -2.15. The molecule has 1 nitrogen and oxygen atoms in total. The Bertz CT molecular complexity index is 426. The van der Waals surface area contributed by atoms with Crippen LogP contribution in [0.4, 0.5) is 0 Å². The van der Waals surface area contributed by atoms with E-state index in [-0.39, 0.29) is 5.41 Å². The van der Waals surface area contributed by atoms with E-state index in [9.17, 15) is 0 Å². The molecule has 0 saturated heterocycles. The smallest absolute Gasteiger partial charge is 0.123 e. The summed E-state index contributed by atoms with van der Waals surface area (Å²) in [4.78, 5) is 0. The number of benzene rings is 1. The van der Waals surface area contributed by atoms with Crippen LogP contribution in [0, 0.1) is 0 Å². The van der Waals surface area contributed by atoms with Gasteiger partial charge >= 0.3 is 0 Å². The Hall–Kier alpha value is -1.24. The van der Waals surface area contributed by atoms with E-state index in [0.717, 1.165) is 31.6 Å². The normalized spacial score (nSPS) is 13.1. The molecule has 1 atom stereocenters. The lowest BCUT2D eigenvalue weighted by atomic mass is 9.82. The van der Waals surface area contributed by atoms with Gasteiger partial charge in [-0.3, -0.25) is 0 Å². The molecule has 0 aliphatic heterocycles. The van der Waals surface area contributed by atoms with Crippen molar-refractivity contribution in [3.05, 3.63) is 42.0 Å². The van der Waals surface area contributed by atoms with Crippen LogP contribution in [-0.4, -0.2) is 6.61 Å². The third kappa shape index (κ3) is 4.40. The van der Waals surface area contributed by atoms with Crippen molar-refractivity contribution in [2.24, 2.45) is 0 Å². The molecule has 0 heterocycles. The standard InChI is InChI=1S/C19H30O/c1-7-10-15(9-3)16-11-12-18(20-13-8-2)17(14-16)19(4,5)6/h7,11-12,14-15H,1,8-10,13H2,2-6H3. The predicted molar refractivity (Wildman–Crippen MR) is 88.8 cm³/mol. The summed E-state index contributed by atoms with van der Waals surface area (Å²) in [6.07, 6.45) is 5.24. The van der Waals surface area contributed by atoms with Gasteiger partial charge in [-0.25, -0.2) is 0 Å². The Labute approximate surface area is 125 Å². The zero-order chi connectivity index (χ0) is 15.2. The number of hydrogen-bond acceptors (Lipinski definition) is 1. The first-order valence-electron chi connectivity index (χ1n) is 7.82. The third-order valence-corrected chi connectivity index (χ3v) is 3.69. The van der Waals surface area contributed by atoms with Crippen LogP contribution in [0.3, 0.4) is 0 Å². The highest BCUT2D eigenvalue weighted by atomic mass is 16.5. The van der Waals surface area contributed by atoms with E-state index in [1.54, 1.807) is 0 Å². The Kier molecular flexibility index (Phi) is 6.32. The quantitative estimate of drug-likeness (QED) is 0.567. The van der Waals surface area contributed by atoms with Crippen LogP contribution in [0.5, 0.6) is 5.75 Å². The SMILES string of the molecule is C=CCC(CC)c1ccc(OCCC)c(C(C)(C)C)c1. The molecule has 112 valence electrons. The maximum absolute atomic E-state index is 5.92. The van der Waals surface area contributed by atoms with Gasteiger partial charge in [0, 0.05) is 0 Å². The molecule has 0 aliphatic carbocycles. The number of ether oxygens (including phenoxy) is 1. The molecule has 20 heavy (non-hydrogen) atoms. The Balaban J connectivity index is 3.16. The maximum Gasteiger partial charge on any atom is 0.123 e. The summed E-state index contributed by atoms with van der Waals surface area (Å²) in [6.45, 7) is 15.8. The number of allylic oxidation sites excluding steroid dienone is 1. The van der Waals surface area contributed by atoms with Crippen molar-refractivity contribution in [3.8, 4) is 5.75 Å². The van der Waals surface area contributed by atoms with Crippen molar-refractivity contribution < 1.29 is 4.74 Å². The van der Waals surface area contributed by atoms with Gasteiger partial charge in [0.25, 0.3) is 0 Å². The van der Waals surface area contributed by atoms with Crippen LogP contribution in [0.1, 0.15) is 70.9 Å². The second-order valence-corrected chi connectivity index (χ2v) is 6.48. The first-order chi connectivity index (χ1) is 9.43. The predicted octanol–water partition coefficient (Wildman–Crippen LogP) is 5.84. The second kappa shape index (κ2) is 7.52. The van der Waals surface area contributed by atoms with E-state index in [0.29, 0.717) is 5.92 Å². The Morgan fingerprint density at radius 2 is 1.95 bits per heavy atom. The lowest BCUT2D eigenvalue weighted by molar-refractivity contribution is 0.308. The minimum atomic E-state index is 0.103. The first-order valence-corrected chi connectivity index (χ1v) is 7.82. The van der Waals surface area contributed by atoms with Gasteiger partial charge in [-0.2, -0.15) is 0 Å². The van der Waals surface area contributed by atoms with Gasteiger partial charge in [0.2, 0.25) is 0 Å². The van der Waals surface area contributed by atoms with Crippen LogP contribution in [0.15, 0.2) is 30.9 Å². The molecule has 1 rings (SSSR count). The van der Waals surface area contributed by atoms with Gasteiger partial charge < -0.3 is 4.74 Å². The summed E-state index contributed by atoms with van der Waals surface area (Å²) in [5.74, 6) is 1.60. The maximum atomic E-state index is 5.92. The summed E-state index contributed by atoms with van der Waals surface area (Å²) in [5, 5.41) is 0. The lowest BCUT2D eigenvalue weighted by Gasteiger charge is -2.25. The average Bonchev–Trinajstić information content (AvgIpc) is 2.41. The van der Waals surface area contributed by atoms with E-state index in [2.05, 4.69) is 59.4 Å². The molecule has 0 bridgehead atoms. The molecule has 0 aromatic heterocycles.